The topological polar surface area (TPSA) is 54.0 Å². The third kappa shape index (κ3) is 13.0. The molecule has 4 heteroatoms. The molecule has 0 saturated heterocycles. The van der Waals surface area contributed by atoms with Gasteiger partial charge in [0, 0.05) is 37.6 Å². The summed E-state index contributed by atoms with van der Waals surface area (Å²) in [6.07, 6.45) is 2.19. The van der Waals surface area contributed by atoms with Crippen molar-refractivity contribution in [2.75, 3.05) is 39.3 Å². The highest BCUT2D eigenvalue weighted by Gasteiger charge is 2.04. The van der Waals surface area contributed by atoms with Crippen LogP contribution >= 0.6 is 0 Å². The first-order chi connectivity index (χ1) is 10.3. The molecule has 0 aliphatic rings. The molecule has 22 heavy (non-hydrogen) atoms. The zero-order valence-corrected chi connectivity index (χ0v) is 15.7. The number of hydrogen-bond donors (Lipinski definition) is 1. The van der Waals surface area contributed by atoms with Crippen molar-refractivity contribution in [3.05, 3.63) is 0 Å². The van der Waals surface area contributed by atoms with E-state index in [0.29, 0.717) is 18.4 Å². The number of nitrogens with zero attached hydrogens (tertiary/aromatic N) is 3. The van der Waals surface area contributed by atoms with Gasteiger partial charge in [-0.15, -0.1) is 0 Å². The fraction of sp³-hybridized carbons (Fsp3) is 0.889. The lowest BCUT2D eigenvalue weighted by Crippen LogP contribution is -2.34. The lowest BCUT2D eigenvalue weighted by atomic mass is 10.1. The van der Waals surface area contributed by atoms with Crippen LogP contribution in [0.1, 0.15) is 54.4 Å². The molecule has 2 N–H and O–H groups in total. The van der Waals surface area contributed by atoms with E-state index in [9.17, 15) is 0 Å². The van der Waals surface area contributed by atoms with Crippen molar-refractivity contribution in [2.24, 2.45) is 27.6 Å². The second kappa shape index (κ2) is 12.8. The van der Waals surface area contributed by atoms with Crippen molar-refractivity contribution in [1.82, 2.24) is 4.90 Å². The van der Waals surface area contributed by atoms with E-state index in [1.807, 2.05) is 0 Å². The standard InChI is InChI=1S/C18H38N4/c1-15(2)13-17(5)20-8-11-22(10-7-19)12-9-21-18(6)14-16(3)4/h15-16H,7-14,19H2,1-6H3. The van der Waals surface area contributed by atoms with Crippen molar-refractivity contribution in [3.63, 3.8) is 0 Å². The summed E-state index contributed by atoms with van der Waals surface area (Å²) in [4.78, 5) is 11.7. The lowest BCUT2D eigenvalue weighted by Gasteiger charge is -2.20. The predicted molar refractivity (Wildman–Crippen MR) is 100 cm³/mol. The second-order valence-corrected chi connectivity index (χ2v) is 7.06. The van der Waals surface area contributed by atoms with Gasteiger partial charge in [-0.2, -0.15) is 0 Å². The van der Waals surface area contributed by atoms with Gasteiger partial charge in [-0.25, -0.2) is 0 Å². The van der Waals surface area contributed by atoms with Gasteiger partial charge in [0.15, 0.2) is 0 Å². The SMILES string of the molecule is CC(CC(C)C)=NCCN(CCN)CCN=C(C)CC(C)C. The highest BCUT2D eigenvalue weighted by atomic mass is 15.1. The second-order valence-electron chi connectivity index (χ2n) is 7.06. The summed E-state index contributed by atoms with van der Waals surface area (Å²) in [5.74, 6) is 1.37. The van der Waals surface area contributed by atoms with Gasteiger partial charge >= 0.3 is 0 Å². The molecule has 0 rings (SSSR count). The summed E-state index contributed by atoms with van der Waals surface area (Å²) in [5, 5.41) is 0. The number of nitrogens with two attached hydrogens (primary N) is 1. The molecule has 0 fully saturated rings. The Hall–Kier alpha value is -0.740. The van der Waals surface area contributed by atoms with Crippen LogP contribution in [0.2, 0.25) is 0 Å². The molecule has 0 saturated carbocycles. The van der Waals surface area contributed by atoms with Crippen molar-refractivity contribution in [2.45, 2.75) is 54.4 Å². The van der Waals surface area contributed by atoms with Crippen LogP contribution in [-0.4, -0.2) is 55.6 Å². The van der Waals surface area contributed by atoms with Gasteiger partial charge in [-0.05, 0) is 38.5 Å². The first-order valence-electron chi connectivity index (χ1n) is 8.77. The maximum Gasteiger partial charge on any atom is 0.0516 e. The minimum Gasteiger partial charge on any atom is -0.329 e. The van der Waals surface area contributed by atoms with Crippen molar-refractivity contribution < 1.29 is 0 Å². The van der Waals surface area contributed by atoms with Crippen LogP contribution in [0, 0.1) is 11.8 Å². The smallest absolute Gasteiger partial charge is 0.0516 e. The van der Waals surface area contributed by atoms with Gasteiger partial charge in [0.2, 0.25) is 0 Å². The average molecular weight is 311 g/mol. The third-order valence-electron chi connectivity index (χ3n) is 3.45. The monoisotopic (exact) mass is 310 g/mol. The summed E-state index contributed by atoms with van der Waals surface area (Å²) in [5.41, 5.74) is 8.23. The van der Waals surface area contributed by atoms with E-state index in [4.69, 9.17) is 5.73 Å². The Morgan fingerprint density at radius 1 is 0.818 bits per heavy atom. The fourth-order valence-electron chi connectivity index (χ4n) is 2.59. The molecule has 4 nitrogen and oxygen atoms in total. The van der Waals surface area contributed by atoms with Crippen LogP contribution in [0.3, 0.4) is 0 Å². The molecule has 0 aromatic heterocycles. The van der Waals surface area contributed by atoms with Crippen LogP contribution in [0.4, 0.5) is 0 Å². The van der Waals surface area contributed by atoms with Gasteiger partial charge in [-0.1, -0.05) is 27.7 Å². The van der Waals surface area contributed by atoms with Gasteiger partial charge in [0.25, 0.3) is 0 Å². The highest BCUT2D eigenvalue weighted by Crippen LogP contribution is 2.02. The largest absolute Gasteiger partial charge is 0.329 e. The summed E-state index contributed by atoms with van der Waals surface area (Å²) < 4.78 is 0. The molecule has 0 aliphatic heterocycles. The summed E-state index contributed by atoms with van der Waals surface area (Å²) >= 11 is 0. The number of rotatable bonds is 12. The Morgan fingerprint density at radius 3 is 1.55 bits per heavy atom. The molecule has 0 spiro atoms. The Morgan fingerprint density at radius 2 is 1.23 bits per heavy atom. The molecule has 0 unspecified atom stereocenters. The van der Waals surface area contributed by atoms with Gasteiger partial charge in [-0.3, -0.25) is 14.9 Å². The molecule has 0 aliphatic carbocycles. The molecule has 0 bridgehead atoms. The Labute approximate surface area is 138 Å². The molecular formula is C18H38N4. The van der Waals surface area contributed by atoms with E-state index in [-0.39, 0.29) is 0 Å². The van der Waals surface area contributed by atoms with Gasteiger partial charge in [0.1, 0.15) is 0 Å². The quantitative estimate of drug-likeness (QED) is 0.563. The minimum atomic E-state index is 0.683. The molecular weight excluding hydrogens is 272 g/mol. The molecule has 0 atom stereocenters. The first-order valence-corrected chi connectivity index (χ1v) is 8.77. The lowest BCUT2D eigenvalue weighted by molar-refractivity contribution is 0.297. The van der Waals surface area contributed by atoms with Crippen LogP contribution < -0.4 is 5.73 Å². The van der Waals surface area contributed by atoms with E-state index in [0.717, 1.165) is 45.6 Å². The zero-order chi connectivity index (χ0) is 17.0. The normalized spacial score (nSPS) is 13.7. The maximum atomic E-state index is 5.71. The summed E-state index contributed by atoms with van der Waals surface area (Å²) in [7, 11) is 0. The molecule has 0 heterocycles. The first kappa shape index (κ1) is 21.3. The Bertz CT molecular complexity index is 302. The number of hydrogen-bond acceptors (Lipinski definition) is 4. The maximum absolute atomic E-state index is 5.71. The van der Waals surface area contributed by atoms with E-state index in [2.05, 4.69) is 56.4 Å². The Kier molecular flexibility index (Phi) is 12.3. The highest BCUT2D eigenvalue weighted by molar-refractivity contribution is 5.82. The van der Waals surface area contributed by atoms with Crippen molar-refractivity contribution >= 4 is 11.4 Å². The summed E-state index contributed by atoms with van der Waals surface area (Å²) in [6, 6.07) is 0. The molecule has 0 aromatic rings. The van der Waals surface area contributed by atoms with Gasteiger partial charge < -0.3 is 5.73 Å². The molecule has 130 valence electrons. The zero-order valence-electron chi connectivity index (χ0n) is 15.7. The average Bonchev–Trinajstić information content (AvgIpc) is 2.36. The number of aliphatic imine (C=N–C) groups is 2. The molecule has 0 radical (unpaired) electrons. The van der Waals surface area contributed by atoms with Crippen LogP contribution in [0.5, 0.6) is 0 Å². The minimum absolute atomic E-state index is 0.683. The van der Waals surface area contributed by atoms with E-state index in [1.54, 1.807) is 0 Å². The Balaban J connectivity index is 4.15. The van der Waals surface area contributed by atoms with Crippen LogP contribution in [-0.2, 0) is 0 Å². The summed E-state index contributed by atoms with van der Waals surface area (Å²) in [6.45, 7) is 18.5. The molecule has 0 amide bonds. The van der Waals surface area contributed by atoms with Crippen molar-refractivity contribution in [1.29, 1.82) is 0 Å². The fourth-order valence-corrected chi connectivity index (χ4v) is 2.59. The van der Waals surface area contributed by atoms with Crippen molar-refractivity contribution in [3.8, 4) is 0 Å². The third-order valence-corrected chi connectivity index (χ3v) is 3.45. The van der Waals surface area contributed by atoms with E-state index >= 15 is 0 Å². The molecule has 0 aromatic carbocycles. The van der Waals surface area contributed by atoms with Gasteiger partial charge in [0.05, 0.1) is 13.1 Å². The predicted octanol–water partition coefficient (Wildman–Crippen LogP) is 3.26. The van der Waals surface area contributed by atoms with E-state index < -0.39 is 0 Å². The van der Waals surface area contributed by atoms with Crippen LogP contribution in [0.25, 0.3) is 0 Å². The van der Waals surface area contributed by atoms with E-state index in [1.165, 1.54) is 11.4 Å². The van der Waals surface area contributed by atoms with Crippen LogP contribution in [0.15, 0.2) is 9.98 Å².